The molecule has 0 spiro atoms. The molecule has 1 unspecified atom stereocenters. The lowest BCUT2D eigenvalue weighted by molar-refractivity contribution is -0.138. The van der Waals surface area contributed by atoms with Gasteiger partial charge in [0.15, 0.2) is 0 Å². The normalized spacial score (nSPS) is 12.3. The first-order valence-corrected chi connectivity index (χ1v) is 6.20. The maximum Gasteiger partial charge on any atom is 0.312 e. The Labute approximate surface area is 112 Å². The van der Waals surface area contributed by atoms with E-state index in [4.69, 9.17) is 4.42 Å². The van der Waals surface area contributed by atoms with Gasteiger partial charge >= 0.3 is 5.97 Å². The van der Waals surface area contributed by atoms with Crippen LogP contribution in [0, 0.1) is 6.92 Å². The van der Waals surface area contributed by atoms with Crippen molar-refractivity contribution in [3.05, 3.63) is 59.5 Å². The molecule has 4 nitrogen and oxygen atoms in total. The fourth-order valence-electron chi connectivity index (χ4n) is 1.95. The van der Waals surface area contributed by atoms with Gasteiger partial charge in [0.2, 0.25) is 0 Å². The van der Waals surface area contributed by atoms with E-state index in [1.807, 2.05) is 49.4 Å². The van der Waals surface area contributed by atoms with E-state index in [9.17, 15) is 9.90 Å². The lowest BCUT2D eigenvalue weighted by Crippen LogP contribution is -2.26. The fraction of sp³-hybridized carbons (Fsp3) is 0.267. The molecule has 2 aromatic rings. The van der Waals surface area contributed by atoms with E-state index in [0.29, 0.717) is 13.1 Å². The molecule has 19 heavy (non-hydrogen) atoms. The van der Waals surface area contributed by atoms with Gasteiger partial charge in [0.05, 0.1) is 12.5 Å². The monoisotopic (exact) mass is 259 g/mol. The summed E-state index contributed by atoms with van der Waals surface area (Å²) < 4.78 is 5.42. The summed E-state index contributed by atoms with van der Waals surface area (Å²) in [5.74, 6) is 0.302. The minimum absolute atomic E-state index is 0.374. The van der Waals surface area contributed by atoms with Gasteiger partial charge in [0.1, 0.15) is 11.5 Å². The minimum Gasteiger partial charge on any atom is -0.481 e. The van der Waals surface area contributed by atoms with E-state index < -0.39 is 11.9 Å². The Morgan fingerprint density at radius 3 is 2.58 bits per heavy atom. The number of furan rings is 1. The SMILES string of the molecule is Cc1ccc(CNCC(C(=O)O)c2ccccc2)o1. The van der Waals surface area contributed by atoms with Crippen LogP contribution >= 0.6 is 0 Å². The van der Waals surface area contributed by atoms with E-state index in [1.165, 1.54) is 0 Å². The van der Waals surface area contributed by atoms with Crippen molar-refractivity contribution in [2.24, 2.45) is 0 Å². The van der Waals surface area contributed by atoms with Crippen LogP contribution in [0.25, 0.3) is 0 Å². The first-order valence-electron chi connectivity index (χ1n) is 6.20. The molecule has 0 aliphatic rings. The van der Waals surface area contributed by atoms with Crippen molar-refractivity contribution >= 4 is 5.97 Å². The average molecular weight is 259 g/mol. The molecular weight excluding hydrogens is 242 g/mol. The first kappa shape index (κ1) is 13.4. The number of hydrogen-bond acceptors (Lipinski definition) is 3. The van der Waals surface area contributed by atoms with Crippen molar-refractivity contribution in [3.8, 4) is 0 Å². The molecule has 2 rings (SSSR count). The predicted molar refractivity (Wildman–Crippen MR) is 72.0 cm³/mol. The van der Waals surface area contributed by atoms with Crippen molar-refractivity contribution in [2.45, 2.75) is 19.4 Å². The number of carboxylic acids is 1. The fourth-order valence-corrected chi connectivity index (χ4v) is 1.95. The minimum atomic E-state index is -0.825. The van der Waals surface area contributed by atoms with Crippen molar-refractivity contribution in [1.82, 2.24) is 5.32 Å². The second kappa shape index (κ2) is 6.20. The zero-order chi connectivity index (χ0) is 13.7. The number of hydrogen-bond donors (Lipinski definition) is 2. The molecule has 0 saturated heterocycles. The number of rotatable bonds is 6. The van der Waals surface area contributed by atoms with Gasteiger partial charge in [-0.15, -0.1) is 0 Å². The Balaban J connectivity index is 1.93. The van der Waals surface area contributed by atoms with Crippen LogP contribution in [0.3, 0.4) is 0 Å². The van der Waals surface area contributed by atoms with Gasteiger partial charge in [0, 0.05) is 6.54 Å². The molecule has 0 radical (unpaired) electrons. The smallest absolute Gasteiger partial charge is 0.312 e. The Bertz CT molecular complexity index is 533. The Hall–Kier alpha value is -2.07. The van der Waals surface area contributed by atoms with E-state index >= 15 is 0 Å². The van der Waals surface area contributed by atoms with Gasteiger partial charge in [-0.3, -0.25) is 4.79 Å². The molecular formula is C15H17NO3. The molecule has 0 aliphatic carbocycles. The van der Waals surface area contributed by atoms with Crippen LogP contribution in [-0.4, -0.2) is 17.6 Å². The maximum atomic E-state index is 11.3. The molecule has 1 aromatic heterocycles. The zero-order valence-electron chi connectivity index (χ0n) is 10.8. The number of benzene rings is 1. The van der Waals surface area contributed by atoms with Crippen LogP contribution in [0.2, 0.25) is 0 Å². The summed E-state index contributed by atoms with van der Waals surface area (Å²) in [7, 11) is 0. The third kappa shape index (κ3) is 3.69. The molecule has 0 bridgehead atoms. The molecule has 0 amide bonds. The largest absolute Gasteiger partial charge is 0.481 e. The summed E-state index contributed by atoms with van der Waals surface area (Å²) in [4.78, 5) is 11.3. The van der Waals surface area contributed by atoms with Crippen LogP contribution in [0.15, 0.2) is 46.9 Å². The second-order valence-corrected chi connectivity index (χ2v) is 4.44. The van der Waals surface area contributed by atoms with Crippen LogP contribution in [0.1, 0.15) is 23.0 Å². The maximum absolute atomic E-state index is 11.3. The third-order valence-electron chi connectivity index (χ3n) is 2.94. The summed E-state index contributed by atoms with van der Waals surface area (Å²) in [5.41, 5.74) is 0.804. The number of carbonyl (C=O) groups is 1. The van der Waals surface area contributed by atoms with E-state index in [1.54, 1.807) is 0 Å². The molecule has 0 fully saturated rings. The molecule has 1 heterocycles. The van der Waals surface area contributed by atoms with Gasteiger partial charge in [-0.1, -0.05) is 30.3 Å². The quantitative estimate of drug-likeness (QED) is 0.837. The molecule has 0 aliphatic heterocycles. The van der Waals surface area contributed by atoms with Crippen LogP contribution in [0.4, 0.5) is 0 Å². The summed E-state index contributed by atoms with van der Waals surface area (Å²) in [5, 5.41) is 12.4. The number of aryl methyl sites for hydroxylation is 1. The van der Waals surface area contributed by atoms with Gasteiger partial charge in [-0.25, -0.2) is 0 Å². The number of aliphatic carboxylic acids is 1. The molecule has 1 aromatic carbocycles. The second-order valence-electron chi connectivity index (χ2n) is 4.44. The lowest BCUT2D eigenvalue weighted by Gasteiger charge is -2.13. The van der Waals surface area contributed by atoms with Crippen LogP contribution in [-0.2, 0) is 11.3 Å². The van der Waals surface area contributed by atoms with Crippen molar-refractivity contribution in [2.75, 3.05) is 6.54 Å². The number of nitrogens with one attached hydrogen (secondary N) is 1. The van der Waals surface area contributed by atoms with Gasteiger partial charge < -0.3 is 14.8 Å². The molecule has 0 saturated carbocycles. The van der Waals surface area contributed by atoms with Crippen LogP contribution < -0.4 is 5.32 Å². The van der Waals surface area contributed by atoms with Gasteiger partial charge in [-0.2, -0.15) is 0 Å². The van der Waals surface area contributed by atoms with E-state index in [0.717, 1.165) is 17.1 Å². The van der Waals surface area contributed by atoms with Crippen LogP contribution in [0.5, 0.6) is 0 Å². The topological polar surface area (TPSA) is 62.5 Å². The summed E-state index contributed by atoms with van der Waals surface area (Å²) >= 11 is 0. The number of carboxylic acid groups (broad SMARTS) is 1. The Kier molecular flexibility index (Phi) is 4.36. The van der Waals surface area contributed by atoms with E-state index in [2.05, 4.69) is 5.32 Å². The predicted octanol–water partition coefficient (Wildman–Crippen LogP) is 2.55. The third-order valence-corrected chi connectivity index (χ3v) is 2.94. The van der Waals surface area contributed by atoms with Gasteiger partial charge in [-0.05, 0) is 24.6 Å². The highest BCUT2D eigenvalue weighted by atomic mass is 16.4. The first-order chi connectivity index (χ1) is 9.16. The lowest BCUT2D eigenvalue weighted by atomic mass is 9.99. The van der Waals surface area contributed by atoms with Crippen molar-refractivity contribution in [1.29, 1.82) is 0 Å². The van der Waals surface area contributed by atoms with Crippen molar-refractivity contribution in [3.63, 3.8) is 0 Å². The summed E-state index contributed by atoms with van der Waals surface area (Å²) in [6, 6.07) is 13.0. The highest BCUT2D eigenvalue weighted by Gasteiger charge is 2.18. The average Bonchev–Trinajstić information content (AvgIpc) is 2.81. The zero-order valence-corrected chi connectivity index (χ0v) is 10.8. The summed E-state index contributed by atoms with van der Waals surface area (Å²) in [6.45, 7) is 2.79. The van der Waals surface area contributed by atoms with Gasteiger partial charge in [0.25, 0.3) is 0 Å². The summed E-state index contributed by atoms with van der Waals surface area (Å²) in [6.07, 6.45) is 0. The standard InChI is InChI=1S/C15H17NO3/c1-11-7-8-13(19-11)9-16-10-14(15(17)18)12-5-3-2-4-6-12/h2-8,14,16H,9-10H2,1H3,(H,17,18). The highest BCUT2D eigenvalue weighted by molar-refractivity contribution is 5.76. The highest BCUT2D eigenvalue weighted by Crippen LogP contribution is 2.15. The molecule has 4 heteroatoms. The Morgan fingerprint density at radius 2 is 2.00 bits per heavy atom. The Morgan fingerprint density at radius 1 is 1.26 bits per heavy atom. The van der Waals surface area contributed by atoms with E-state index in [-0.39, 0.29) is 0 Å². The molecule has 2 N–H and O–H groups in total. The molecule has 1 atom stereocenters. The molecule has 100 valence electrons. The van der Waals surface area contributed by atoms with Crippen molar-refractivity contribution < 1.29 is 14.3 Å².